The van der Waals surface area contributed by atoms with Crippen molar-refractivity contribution in [3.05, 3.63) is 29.3 Å². The number of likely N-dealkylation sites (N-methyl/N-ethyl adjacent to an activating group) is 1. The highest BCUT2D eigenvalue weighted by Crippen LogP contribution is 2.30. The average molecular weight is 287 g/mol. The summed E-state index contributed by atoms with van der Waals surface area (Å²) in [6.07, 6.45) is 6.53. The molecule has 3 rings (SSSR count). The first-order valence-electron chi connectivity index (χ1n) is 8.42. The zero-order valence-electron chi connectivity index (χ0n) is 13.5. The van der Waals surface area contributed by atoms with Crippen molar-refractivity contribution >= 4 is 5.69 Å². The summed E-state index contributed by atoms with van der Waals surface area (Å²) in [6, 6.07) is 7.68. The first kappa shape index (κ1) is 14.9. The van der Waals surface area contributed by atoms with Crippen LogP contribution in [0.25, 0.3) is 0 Å². The van der Waals surface area contributed by atoms with Crippen LogP contribution in [-0.4, -0.2) is 38.1 Å². The Morgan fingerprint density at radius 2 is 2.10 bits per heavy atom. The Kier molecular flexibility index (Phi) is 4.51. The van der Waals surface area contributed by atoms with Crippen molar-refractivity contribution < 1.29 is 0 Å². The maximum Gasteiger partial charge on any atom is 0.0397 e. The lowest BCUT2D eigenvalue weighted by atomic mass is 9.83. The molecule has 2 aliphatic rings. The molecule has 2 unspecified atom stereocenters. The van der Waals surface area contributed by atoms with Crippen molar-refractivity contribution in [3.8, 4) is 0 Å². The van der Waals surface area contributed by atoms with E-state index in [1.807, 2.05) is 0 Å². The number of benzene rings is 1. The van der Waals surface area contributed by atoms with Gasteiger partial charge in [0, 0.05) is 31.9 Å². The lowest BCUT2D eigenvalue weighted by Crippen LogP contribution is -2.42. The number of nitrogens with two attached hydrogens (primary N) is 1. The van der Waals surface area contributed by atoms with Crippen molar-refractivity contribution in [1.82, 2.24) is 4.90 Å². The molecule has 0 aromatic heterocycles. The quantitative estimate of drug-likeness (QED) is 0.924. The van der Waals surface area contributed by atoms with E-state index in [4.69, 9.17) is 5.73 Å². The Bertz CT molecular complexity index is 485. The molecule has 1 heterocycles. The second kappa shape index (κ2) is 6.37. The number of hydrogen-bond acceptors (Lipinski definition) is 3. The van der Waals surface area contributed by atoms with E-state index in [1.165, 1.54) is 48.9 Å². The number of nitrogens with zero attached hydrogens (tertiary/aromatic N) is 2. The third-order valence-electron chi connectivity index (χ3n) is 5.44. The number of hydrogen-bond donors (Lipinski definition) is 1. The van der Waals surface area contributed by atoms with Gasteiger partial charge < -0.3 is 10.6 Å². The largest absolute Gasteiger partial charge is 0.374 e. The fourth-order valence-corrected chi connectivity index (χ4v) is 4.17. The summed E-state index contributed by atoms with van der Waals surface area (Å²) in [7, 11) is 4.46. The zero-order valence-corrected chi connectivity index (χ0v) is 13.5. The highest BCUT2D eigenvalue weighted by molar-refractivity contribution is 5.58. The van der Waals surface area contributed by atoms with Gasteiger partial charge in [0.25, 0.3) is 0 Å². The Morgan fingerprint density at radius 3 is 2.90 bits per heavy atom. The molecule has 3 heteroatoms. The van der Waals surface area contributed by atoms with E-state index < -0.39 is 0 Å². The molecule has 0 amide bonds. The van der Waals surface area contributed by atoms with Crippen LogP contribution in [0, 0.1) is 5.92 Å². The van der Waals surface area contributed by atoms with Gasteiger partial charge in [-0.15, -0.1) is 0 Å². The molecule has 1 saturated carbocycles. The molecule has 2 N–H and O–H groups in total. The van der Waals surface area contributed by atoms with Crippen LogP contribution in [-0.2, 0) is 13.0 Å². The molecule has 0 saturated heterocycles. The van der Waals surface area contributed by atoms with Gasteiger partial charge in [-0.3, -0.25) is 4.90 Å². The van der Waals surface area contributed by atoms with Crippen LogP contribution in [0.5, 0.6) is 0 Å². The number of fused-ring (bicyclic) bond motifs is 1. The molecule has 1 aromatic carbocycles. The van der Waals surface area contributed by atoms with Crippen LogP contribution in [0.2, 0.25) is 0 Å². The van der Waals surface area contributed by atoms with E-state index in [-0.39, 0.29) is 0 Å². The first-order valence-corrected chi connectivity index (χ1v) is 8.42. The Labute approximate surface area is 129 Å². The highest BCUT2D eigenvalue weighted by Gasteiger charge is 2.27. The predicted molar refractivity (Wildman–Crippen MR) is 89.7 cm³/mol. The Hall–Kier alpha value is -1.06. The molecule has 0 bridgehead atoms. The van der Waals surface area contributed by atoms with Crippen molar-refractivity contribution in [3.63, 3.8) is 0 Å². The minimum absolute atomic E-state index is 0.666. The minimum atomic E-state index is 0.666. The lowest BCUT2D eigenvalue weighted by molar-refractivity contribution is 0.127. The van der Waals surface area contributed by atoms with Gasteiger partial charge in [-0.1, -0.05) is 25.0 Å². The van der Waals surface area contributed by atoms with E-state index in [2.05, 4.69) is 42.1 Å². The SMILES string of the molecule is CN1CCc2cc(CN(C)C3CCCCC3CN)ccc21. The maximum atomic E-state index is 5.98. The summed E-state index contributed by atoms with van der Waals surface area (Å²) in [4.78, 5) is 4.89. The van der Waals surface area contributed by atoms with Crippen LogP contribution < -0.4 is 10.6 Å². The van der Waals surface area contributed by atoms with Crippen LogP contribution in [0.15, 0.2) is 18.2 Å². The van der Waals surface area contributed by atoms with Crippen molar-refractivity contribution in [1.29, 1.82) is 0 Å². The first-order chi connectivity index (χ1) is 10.2. The fourth-order valence-electron chi connectivity index (χ4n) is 4.17. The van der Waals surface area contributed by atoms with Crippen LogP contribution >= 0.6 is 0 Å². The van der Waals surface area contributed by atoms with Crippen LogP contribution in [0.3, 0.4) is 0 Å². The van der Waals surface area contributed by atoms with Gasteiger partial charge >= 0.3 is 0 Å². The molecule has 0 spiro atoms. The van der Waals surface area contributed by atoms with Crippen LogP contribution in [0.1, 0.15) is 36.8 Å². The molecule has 0 radical (unpaired) electrons. The summed E-state index contributed by atoms with van der Waals surface area (Å²) in [5.74, 6) is 0.685. The summed E-state index contributed by atoms with van der Waals surface area (Å²) in [5.41, 5.74) is 10.4. The number of anilines is 1. The highest BCUT2D eigenvalue weighted by atomic mass is 15.1. The van der Waals surface area contributed by atoms with E-state index in [1.54, 1.807) is 0 Å². The summed E-state index contributed by atoms with van der Waals surface area (Å²) in [6.45, 7) is 3.05. The van der Waals surface area contributed by atoms with Gasteiger partial charge in [-0.2, -0.15) is 0 Å². The topological polar surface area (TPSA) is 32.5 Å². The third-order valence-corrected chi connectivity index (χ3v) is 5.44. The average Bonchev–Trinajstić information content (AvgIpc) is 2.88. The Morgan fingerprint density at radius 1 is 1.29 bits per heavy atom. The van der Waals surface area contributed by atoms with Crippen molar-refractivity contribution in [2.75, 3.05) is 32.1 Å². The minimum Gasteiger partial charge on any atom is -0.374 e. The molecule has 2 atom stereocenters. The van der Waals surface area contributed by atoms with Gasteiger partial charge in [-0.05, 0) is 56.0 Å². The molecule has 1 fully saturated rings. The molecule has 1 aliphatic carbocycles. The van der Waals surface area contributed by atoms with E-state index in [0.29, 0.717) is 12.0 Å². The van der Waals surface area contributed by atoms with Gasteiger partial charge in [0.2, 0.25) is 0 Å². The zero-order chi connectivity index (χ0) is 14.8. The molecule has 116 valence electrons. The van der Waals surface area contributed by atoms with Crippen molar-refractivity contribution in [2.45, 2.75) is 44.7 Å². The van der Waals surface area contributed by atoms with E-state index in [9.17, 15) is 0 Å². The number of rotatable bonds is 4. The monoisotopic (exact) mass is 287 g/mol. The molecular weight excluding hydrogens is 258 g/mol. The second-order valence-electron chi connectivity index (χ2n) is 6.90. The summed E-state index contributed by atoms with van der Waals surface area (Å²) < 4.78 is 0. The summed E-state index contributed by atoms with van der Waals surface area (Å²) >= 11 is 0. The maximum absolute atomic E-state index is 5.98. The molecular formula is C18H29N3. The fraction of sp³-hybridized carbons (Fsp3) is 0.667. The van der Waals surface area contributed by atoms with Gasteiger partial charge in [-0.25, -0.2) is 0 Å². The summed E-state index contributed by atoms with van der Waals surface area (Å²) in [5, 5.41) is 0. The van der Waals surface area contributed by atoms with Crippen LogP contribution in [0.4, 0.5) is 5.69 Å². The molecule has 1 aromatic rings. The van der Waals surface area contributed by atoms with Gasteiger partial charge in [0.05, 0.1) is 0 Å². The normalized spacial score (nSPS) is 25.4. The predicted octanol–water partition coefficient (Wildman–Crippen LogP) is 2.63. The van der Waals surface area contributed by atoms with Gasteiger partial charge in [0.1, 0.15) is 0 Å². The third kappa shape index (κ3) is 3.09. The van der Waals surface area contributed by atoms with Crippen molar-refractivity contribution in [2.24, 2.45) is 11.7 Å². The standard InChI is InChI=1S/C18H29N3/c1-20-10-9-15-11-14(7-8-18(15)20)13-21(2)17-6-4-3-5-16(17)12-19/h7-8,11,16-17H,3-6,9-10,12-13,19H2,1-2H3. The van der Waals surface area contributed by atoms with Gasteiger partial charge in [0.15, 0.2) is 0 Å². The lowest BCUT2D eigenvalue weighted by Gasteiger charge is -2.37. The van der Waals surface area contributed by atoms with E-state index >= 15 is 0 Å². The molecule has 1 aliphatic heterocycles. The second-order valence-corrected chi connectivity index (χ2v) is 6.90. The molecule has 21 heavy (non-hydrogen) atoms. The smallest absolute Gasteiger partial charge is 0.0397 e. The molecule has 3 nitrogen and oxygen atoms in total. The Balaban J connectivity index is 1.68. The van der Waals surface area contributed by atoms with E-state index in [0.717, 1.165) is 19.6 Å².